The molecule has 3 heterocycles. The lowest BCUT2D eigenvalue weighted by atomic mass is 9.84. The Hall–Kier alpha value is -3.09. The van der Waals surface area contributed by atoms with Gasteiger partial charge in [0.15, 0.2) is 0 Å². The van der Waals surface area contributed by atoms with Crippen molar-refractivity contribution in [1.29, 1.82) is 0 Å². The zero-order chi connectivity index (χ0) is 19.6. The molecule has 2 saturated heterocycles. The SMILES string of the molecule is O=C(c1ccncn1)N1CCC2NNC(c3ccc(-c4ccccc4)cc3)C2C1. The van der Waals surface area contributed by atoms with E-state index in [1.165, 1.54) is 23.0 Å². The highest BCUT2D eigenvalue weighted by Gasteiger charge is 2.41. The van der Waals surface area contributed by atoms with Gasteiger partial charge < -0.3 is 4.90 Å². The number of aromatic nitrogens is 2. The summed E-state index contributed by atoms with van der Waals surface area (Å²) in [5, 5.41) is 0. The molecule has 6 heteroatoms. The van der Waals surface area contributed by atoms with Gasteiger partial charge in [0, 0.05) is 31.2 Å². The predicted octanol–water partition coefficient (Wildman–Crippen LogP) is 2.82. The summed E-state index contributed by atoms with van der Waals surface area (Å²) in [7, 11) is 0. The van der Waals surface area contributed by atoms with Crippen LogP contribution >= 0.6 is 0 Å². The summed E-state index contributed by atoms with van der Waals surface area (Å²) in [4.78, 5) is 22.8. The summed E-state index contributed by atoms with van der Waals surface area (Å²) < 4.78 is 0. The highest BCUT2D eigenvalue weighted by Crippen LogP contribution is 2.34. The van der Waals surface area contributed by atoms with Crippen LogP contribution in [0.5, 0.6) is 0 Å². The zero-order valence-corrected chi connectivity index (χ0v) is 16.0. The first-order chi connectivity index (χ1) is 14.3. The molecule has 0 radical (unpaired) electrons. The number of nitrogens with one attached hydrogen (secondary N) is 2. The Kier molecular flexibility index (Phi) is 4.79. The minimum absolute atomic E-state index is 0.0177. The normalized spacial score (nSPS) is 23.6. The van der Waals surface area contributed by atoms with Crippen molar-refractivity contribution in [2.75, 3.05) is 13.1 Å². The number of likely N-dealkylation sites (tertiary alicyclic amines) is 1. The molecule has 2 fully saturated rings. The molecule has 29 heavy (non-hydrogen) atoms. The van der Waals surface area contributed by atoms with Gasteiger partial charge in [-0.25, -0.2) is 15.4 Å². The molecule has 2 aliphatic heterocycles. The van der Waals surface area contributed by atoms with Crippen LogP contribution in [0, 0.1) is 5.92 Å². The maximum absolute atomic E-state index is 12.8. The molecule has 1 aromatic heterocycles. The van der Waals surface area contributed by atoms with E-state index in [0.717, 1.165) is 13.0 Å². The average Bonchev–Trinajstić information content (AvgIpc) is 3.23. The highest BCUT2D eigenvalue weighted by atomic mass is 16.2. The van der Waals surface area contributed by atoms with E-state index in [1.54, 1.807) is 12.3 Å². The van der Waals surface area contributed by atoms with Crippen molar-refractivity contribution in [2.45, 2.75) is 18.5 Å². The van der Waals surface area contributed by atoms with Crippen molar-refractivity contribution in [2.24, 2.45) is 5.92 Å². The van der Waals surface area contributed by atoms with Gasteiger partial charge in [0.2, 0.25) is 0 Å². The molecule has 0 aliphatic carbocycles. The van der Waals surface area contributed by atoms with E-state index >= 15 is 0 Å². The smallest absolute Gasteiger partial charge is 0.272 e. The van der Waals surface area contributed by atoms with Gasteiger partial charge in [-0.2, -0.15) is 0 Å². The number of fused-ring (bicyclic) bond motifs is 1. The monoisotopic (exact) mass is 385 g/mol. The van der Waals surface area contributed by atoms with Crippen molar-refractivity contribution in [3.05, 3.63) is 84.4 Å². The van der Waals surface area contributed by atoms with Crippen LogP contribution in [0.1, 0.15) is 28.5 Å². The molecule has 0 spiro atoms. The molecule has 2 N–H and O–H groups in total. The van der Waals surface area contributed by atoms with E-state index in [4.69, 9.17) is 0 Å². The molecule has 5 rings (SSSR count). The third kappa shape index (κ3) is 3.52. The van der Waals surface area contributed by atoms with Crippen LogP contribution < -0.4 is 10.9 Å². The van der Waals surface area contributed by atoms with Gasteiger partial charge >= 0.3 is 0 Å². The molecule has 2 aliphatic rings. The van der Waals surface area contributed by atoms with E-state index in [0.29, 0.717) is 24.2 Å². The van der Waals surface area contributed by atoms with Gasteiger partial charge in [-0.15, -0.1) is 0 Å². The predicted molar refractivity (Wildman–Crippen MR) is 111 cm³/mol. The fourth-order valence-corrected chi connectivity index (χ4v) is 4.41. The number of hydrogen-bond donors (Lipinski definition) is 2. The van der Waals surface area contributed by atoms with E-state index in [1.807, 2.05) is 11.0 Å². The summed E-state index contributed by atoms with van der Waals surface area (Å²) in [5.74, 6) is 0.299. The third-order valence-electron chi connectivity index (χ3n) is 5.98. The second-order valence-corrected chi connectivity index (χ2v) is 7.66. The van der Waals surface area contributed by atoms with Gasteiger partial charge in [-0.3, -0.25) is 10.2 Å². The summed E-state index contributed by atoms with van der Waals surface area (Å²) >= 11 is 0. The number of rotatable bonds is 3. The summed E-state index contributed by atoms with van der Waals surface area (Å²) in [6, 6.07) is 21.3. The molecule has 1 amide bonds. The Balaban J connectivity index is 1.33. The van der Waals surface area contributed by atoms with Crippen LogP contribution in [0.2, 0.25) is 0 Å². The van der Waals surface area contributed by atoms with Crippen LogP contribution in [-0.4, -0.2) is 39.9 Å². The van der Waals surface area contributed by atoms with Crippen molar-refractivity contribution in [3.8, 4) is 11.1 Å². The zero-order valence-electron chi connectivity index (χ0n) is 16.0. The first kappa shape index (κ1) is 18.0. The van der Waals surface area contributed by atoms with Gasteiger partial charge in [0.25, 0.3) is 5.91 Å². The Bertz CT molecular complexity index is 977. The average molecular weight is 385 g/mol. The Morgan fingerprint density at radius 2 is 1.76 bits per heavy atom. The molecule has 0 bridgehead atoms. The third-order valence-corrected chi connectivity index (χ3v) is 5.98. The summed E-state index contributed by atoms with van der Waals surface area (Å²) in [6.07, 6.45) is 3.96. The van der Waals surface area contributed by atoms with Crippen molar-refractivity contribution in [3.63, 3.8) is 0 Å². The number of nitrogens with zero attached hydrogens (tertiary/aromatic N) is 3. The Morgan fingerprint density at radius 3 is 2.52 bits per heavy atom. The molecule has 0 saturated carbocycles. The second-order valence-electron chi connectivity index (χ2n) is 7.66. The Morgan fingerprint density at radius 1 is 0.966 bits per heavy atom. The van der Waals surface area contributed by atoms with Crippen LogP contribution in [0.3, 0.4) is 0 Å². The van der Waals surface area contributed by atoms with Gasteiger partial charge in [-0.1, -0.05) is 54.6 Å². The molecule has 3 unspecified atom stereocenters. The molecule has 2 aromatic carbocycles. The molecule has 3 aromatic rings. The topological polar surface area (TPSA) is 70.2 Å². The first-order valence-electron chi connectivity index (χ1n) is 10.0. The number of hydrazine groups is 1. The van der Waals surface area contributed by atoms with E-state index in [-0.39, 0.29) is 11.9 Å². The number of carbonyl (C=O) groups excluding carboxylic acids is 1. The van der Waals surface area contributed by atoms with Crippen LogP contribution in [0.15, 0.2) is 73.2 Å². The fraction of sp³-hybridized carbons (Fsp3) is 0.261. The summed E-state index contributed by atoms with van der Waals surface area (Å²) in [5.41, 5.74) is 11.0. The van der Waals surface area contributed by atoms with Crippen molar-refractivity contribution < 1.29 is 4.79 Å². The van der Waals surface area contributed by atoms with Gasteiger partial charge in [-0.05, 0) is 29.2 Å². The fourth-order valence-electron chi connectivity index (χ4n) is 4.41. The maximum atomic E-state index is 12.8. The largest absolute Gasteiger partial charge is 0.337 e. The minimum Gasteiger partial charge on any atom is -0.337 e. The van der Waals surface area contributed by atoms with Crippen molar-refractivity contribution >= 4 is 5.91 Å². The van der Waals surface area contributed by atoms with E-state index in [9.17, 15) is 4.79 Å². The van der Waals surface area contributed by atoms with E-state index in [2.05, 4.69) is 69.4 Å². The van der Waals surface area contributed by atoms with Gasteiger partial charge in [0.1, 0.15) is 12.0 Å². The lowest BCUT2D eigenvalue weighted by Gasteiger charge is -2.36. The van der Waals surface area contributed by atoms with Crippen LogP contribution in [0.4, 0.5) is 0 Å². The standard InChI is InChI=1S/C23H23N5O/c29-23(21-10-12-24-15-25-21)28-13-11-20-19(14-28)22(27-26-20)18-8-6-17(7-9-18)16-4-2-1-3-5-16/h1-10,12,15,19-20,22,26-27H,11,13-14H2. The number of carbonyl (C=O) groups is 1. The molecular formula is C23H23N5O. The lowest BCUT2D eigenvalue weighted by Crippen LogP contribution is -2.48. The first-order valence-corrected chi connectivity index (χ1v) is 10.0. The number of amides is 1. The molecule has 146 valence electrons. The number of piperidine rings is 1. The number of benzene rings is 2. The molecule has 3 atom stereocenters. The quantitative estimate of drug-likeness (QED) is 0.726. The van der Waals surface area contributed by atoms with Crippen LogP contribution in [-0.2, 0) is 0 Å². The number of hydrogen-bond acceptors (Lipinski definition) is 5. The lowest BCUT2D eigenvalue weighted by molar-refractivity contribution is 0.0646. The summed E-state index contributed by atoms with van der Waals surface area (Å²) in [6.45, 7) is 1.44. The minimum atomic E-state index is -0.0177. The van der Waals surface area contributed by atoms with E-state index < -0.39 is 0 Å². The van der Waals surface area contributed by atoms with Gasteiger partial charge in [0.05, 0.1) is 6.04 Å². The van der Waals surface area contributed by atoms with Crippen molar-refractivity contribution in [1.82, 2.24) is 25.7 Å². The molecular weight excluding hydrogens is 362 g/mol. The van der Waals surface area contributed by atoms with Crippen LogP contribution in [0.25, 0.3) is 11.1 Å². The Labute approximate surface area is 170 Å². The molecule has 6 nitrogen and oxygen atoms in total. The highest BCUT2D eigenvalue weighted by molar-refractivity contribution is 5.92. The maximum Gasteiger partial charge on any atom is 0.272 e. The second kappa shape index (κ2) is 7.73.